The molecule has 0 aromatic heterocycles. The molecule has 0 bridgehead atoms. The molecule has 0 fully saturated rings. The minimum atomic E-state index is -0.974. The molecule has 1 aliphatic carbocycles. The van der Waals surface area contributed by atoms with Crippen LogP contribution in [0, 0.1) is 19.8 Å². The van der Waals surface area contributed by atoms with Crippen molar-refractivity contribution in [1.82, 2.24) is 0 Å². The third-order valence-corrected chi connectivity index (χ3v) is 3.70. The smallest absolute Gasteiger partial charge is 0.336 e. The number of allylic oxidation sites excluding steroid dienone is 2. The number of carboxylic acid groups (broad SMARTS) is 1. The van der Waals surface area contributed by atoms with Crippen LogP contribution in [-0.2, 0) is 4.79 Å². The van der Waals surface area contributed by atoms with Gasteiger partial charge in [0.2, 0.25) is 5.91 Å². The van der Waals surface area contributed by atoms with Gasteiger partial charge in [0.05, 0.1) is 5.56 Å². The third kappa shape index (κ3) is 3.07. The number of hydrogen-bond donors (Lipinski definition) is 2. The molecule has 1 unspecified atom stereocenters. The van der Waals surface area contributed by atoms with E-state index in [1.807, 2.05) is 13.0 Å². The van der Waals surface area contributed by atoms with Crippen LogP contribution in [0.3, 0.4) is 0 Å². The van der Waals surface area contributed by atoms with Crippen molar-refractivity contribution in [2.24, 2.45) is 5.92 Å². The van der Waals surface area contributed by atoms with Gasteiger partial charge in [0.25, 0.3) is 0 Å². The maximum Gasteiger partial charge on any atom is 0.336 e. The fourth-order valence-corrected chi connectivity index (χ4v) is 2.48. The van der Waals surface area contributed by atoms with Gasteiger partial charge in [-0.05, 0) is 50.3 Å². The van der Waals surface area contributed by atoms with Crippen LogP contribution in [-0.4, -0.2) is 17.0 Å². The Kier molecular flexibility index (Phi) is 4.23. The van der Waals surface area contributed by atoms with Gasteiger partial charge in [-0.15, -0.1) is 0 Å². The van der Waals surface area contributed by atoms with Crippen molar-refractivity contribution in [1.29, 1.82) is 0 Å². The summed E-state index contributed by atoms with van der Waals surface area (Å²) in [5.74, 6) is -1.02. The largest absolute Gasteiger partial charge is 0.478 e. The predicted octanol–water partition coefficient (Wildman–Crippen LogP) is 3.30. The Bertz CT molecular complexity index is 575. The molecule has 4 heteroatoms. The van der Waals surface area contributed by atoms with E-state index in [2.05, 4.69) is 11.4 Å². The zero-order valence-corrected chi connectivity index (χ0v) is 11.8. The van der Waals surface area contributed by atoms with Gasteiger partial charge in [-0.3, -0.25) is 4.79 Å². The number of carboxylic acids is 1. The van der Waals surface area contributed by atoms with E-state index in [4.69, 9.17) is 5.11 Å². The molecular formula is C16H19NO3. The highest BCUT2D eigenvalue weighted by Crippen LogP contribution is 2.24. The molecule has 1 aliphatic rings. The van der Waals surface area contributed by atoms with Crippen LogP contribution in [0.5, 0.6) is 0 Å². The third-order valence-electron chi connectivity index (χ3n) is 3.70. The zero-order valence-electron chi connectivity index (χ0n) is 11.8. The fraction of sp³-hybridized carbons (Fsp3) is 0.375. The Morgan fingerprint density at radius 2 is 1.95 bits per heavy atom. The van der Waals surface area contributed by atoms with Crippen LogP contribution >= 0.6 is 0 Å². The normalized spacial score (nSPS) is 17.8. The Labute approximate surface area is 118 Å². The van der Waals surface area contributed by atoms with Gasteiger partial charge in [-0.1, -0.05) is 18.2 Å². The van der Waals surface area contributed by atoms with E-state index in [0.717, 1.165) is 24.8 Å². The molecular weight excluding hydrogens is 254 g/mol. The number of carbonyl (C=O) groups excluding carboxylic acids is 1. The fourth-order valence-electron chi connectivity index (χ4n) is 2.48. The first-order chi connectivity index (χ1) is 9.49. The van der Waals surface area contributed by atoms with Crippen molar-refractivity contribution >= 4 is 17.6 Å². The van der Waals surface area contributed by atoms with Gasteiger partial charge in [0.15, 0.2) is 0 Å². The molecule has 0 saturated carbocycles. The molecule has 4 nitrogen and oxygen atoms in total. The maximum atomic E-state index is 12.2. The predicted molar refractivity (Wildman–Crippen MR) is 78.0 cm³/mol. The van der Waals surface area contributed by atoms with E-state index in [-0.39, 0.29) is 17.4 Å². The highest BCUT2D eigenvalue weighted by Gasteiger charge is 2.20. The Morgan fingerprint density at radius 3 is 2.55 bits per heavy atom. The summed E-state index contributed by atoms with van der Waals surface area (Å²) in [5, 5.41) is 12.0. The molecule has 2 N–H and O–H groups in total. The number of hydrogen-bond acceptors (Lipinski definition) is 2. The van der Waals surface area contributed by atoms with Crippen LogP contribution in [0.15, 0.2) is 24.3 Å². The molecule has 2 rings (SSSR count). The Balaban J connectivity index is 2.20. The average molecular weight is 273 g/mol. The molecule has 1 amide bonds. The molecule has 106 valence electrons. The molecule has 1 aromatic rings. The topological polar surface area (TPSA) is 66.4 Å². The first-order valence-corrected chi connectivity index (χ1v) is 6.79. The van der Waals surface area contributed by atoms with Gasteiger partial charge < -0.3 is 10.4 Å². The second kappa shape index (κ2) is 5.90. The summed E-state index contributed by atoms with van der Waals surface area (Å²) in [6.07, 6.45) is 6.63. The van der Waals surface area contributed by atoms with E-state index < -0.39 is 5.97 Å². The maximum absolute atomic E-state index is 12.2. The second-order valence-corrected chi connectivity index (χ2v) is 5.26. The highest BCUT2D eigenvalue weighted by atomic mass is 16.4. The van der Waals surface area contributed by atoms with Crippen molar-refractivity contribution < 1.29 is 14.7 Å². The summed E-state index contributed by atoms with van der Waals surface area (Å²) in [5.41, 5.74) is 2.41. The number of amides is 1. The van der Waals surface area contributed by atoms with Crippen molar-refractivity contribution in [2.45, 2.75) is 33.1 Å². The van der Waals surface area contributed by atoms with E-state index in [9.17, 15) is 9.59 Å². The van der Waals surface area contributed by atoms with Crippen LogP contribution < -0.4 is 5.32 Å². The lowest BCUT2D eigenvalue weighted by Crippen LogP contribution is -2.24. The summed E-state index contributed by atoms with van der Waals surface area (Å²) in [6.45, 7) is 3.63. The lowest BCUT2D eigenvalue weighted by atomic mass is 9.93. The highest BCUT2D eigenvalue weighted by molar-refractivity contribution is 5.96. The monoisotopic (exact) mass is 273 g/mol. The van der Waals surface area contributed by atoms with Crippen molar-refractivity contribution in [3.63, 3.8) is 0 Å². The number of aromatic carboxylic acids is 1. The summed E-state index contributed by atoms with van der Waals surface area (Å²) in [7, 11) is 0. The number of carbonyl (C=O) groups is 2. The van der Waals surface area contributed by atoms with E-state index >= 15 is 0 Å². The average Bonchev–Trinajstić information content (AvgIpc) is 2.42. The van der Waals surface area contributed by atoms with E-state index in [1.54, 1.807) is 19.1 Å². The number of rotatable bonds is 3. The summed E-state index contributed by atoms with van der Waals surface area (Å²) in [4.78, 5) is 23.3. The number of aryl methyl sites for hydroxylation is 2. The minimum Gasteiger partial charge on any atom is -0.478 e. The second-order valence-electron chi connectivity index (χ2n) is 5.26. The molecule has 1 aromatic carbocycles. The van der Waals surface area contributed by atoms with Crippen LogP contribution in [0.1, 0.15) is 40.7 Å². The van der Waals surface area contributed by atoms with Crippen LogP contribution in [0.4, 0.5) is 5.69 Å². The first kappa shape index (κ1) is 14.3. The van der Waals surface area contributed by atoms with E-state index in [0.29, 0.717) is 11.3 Å². The van der Waals surface area contributed by atoms with Crippen LogP contribution in [0.2, 0.25) is 0 Å². The molecule has 0 aliphatic heterocycles. The van der Waals surface area contributed by atoms with Crippen molar-refractivity contribution in [2.75, 3.05) is 5.32 Å². The standard InChI is InChI=1S/C16H19NO3/c1-10-8-11(2)14(9-13(10)16(19)20)17-15(18)12-6-4-3-5-7-12/h3-4,8-9,12H,5-7H2,1-2H3,(H,17,18)(H,19,20). The summed E-state index contributed by atoms with van der Waals surface area (Å²) < 4.78 is 0. The number of anilines is 1. The lowest BCUT2D eigenvalue weighted by molar-refractivity contribution is -0.120. The molecule has 0 spiro atoms. The molecule has 0 radical (unpaired) electrons. The Morgan fingerprint density at radius 1 is 1.20 bits per heavy atom. The molecule has 0 heterocycles. The van der Waals surface area contributed by atoms with Crippen LogP contribution in [0.25, 0.3) is 0 Å². The molecule has 20 heavy (non-hydrogen) atoms. The number of benzene rings is 1. The van der Waals surface area contributed by atoms with Gasteiger partial charge in [0.1, 0.15) is 0 Å². The minimum absolute atomic E-state index is 0.0195. The van der Waals surface area contributed by atoms with E-state index in [1.165, 1.54) is 0 Å². The van der Waals surface area contributed by atoms with Crippen molar-refractivity contribution in [3.8, 4) is 0 Å². The van der Waals surface area contributed by atoms with Gasteiger partial charge in [-0.25, -0.2) is 4.79 Å². The van der Waals surface area contributed by atoms with Crippen molar-refractivity contribution in [3.05, 3.63) is 41.0 Å². The SMILES string of the molecule is Cc1cc(C)c(C(=O)O)cc1NC(=O)C1CC=CCC1. The lowest BCUT2D eigenvalue weighted by Gasteiger charge is -2.18. The van der Waals surface area contributed by atoms with Gasteiger partial charge in [-0.2, -0.15) is 0 Å². The zero-order chi connectivity index (χ0) is 14.7. The van der Waals surface area contributed by atoms with Gasteiger partial charge in [0, 0.05) is 11.6 Å². The number of nitrogens with one attached hydrogen (secondary N) is 1. The molecule has 0 saturated heterocycles. The quantitative estimate of drug-likeness (QED) is 0.830. The Hall–Kier alpha value is -2.10. The summed E-state index contributed by atoms with van der Waals surface area (Å²) in [6, 6.07) is 3.34. The summed E-state index contributed by atoms with van der Waals surface area (Å²) >= 11 is 0. The first-order valence-electron chi connectivity index (χ1n) is 6.79. The van der Waals surface area contributed by atoms with Gasteiger partial charge >= 0.3 is 5.97 Å². The molecule has 1 atom stereocenters.